The van der Waals surface area contributed by atoms with Crippen molar-refractivity contribution in [3.63, 3.8) is 0 Å². The summed E-state index contributed by atoms with van der Waals surface area (Å²) >= 11 is 2.03. The first-order valence-electron chi connectivity index (χ1n) is 3.09. The highest BCUT2D eigenvalue weighted by atomic mass is 127. The van der Waals surface area contributed by atoms with Gasteiger partial charge >= 0.3 is 0 Å². The fourth-order valence-electron chi connectivity index (χ4n) is 0.868. The van der Waals surface area contributed by atoms with Crippen LogP contribution in [0.4, 0.5) is 0 Å². The lowest BCUT2D eigenvalue weighted by Crippen LogP contribution is -2.09. The number of hydrogen-bond donors (Lipinski definition) is 0. The Kier molecular flexibility index (Phi) is 2.83. The van der Waals surface area contributed by atoms with E-state index in [1.54, 1.807) is 18.1 Å². The van der Waals surface area contributed by atoms with Crippen LogP contribution in [0.3, 0.4) is 0 Å². The van der Waals surface area contributed by atoms with Crippen molar-refractivity contribution < 1.29 is 9.59 Å². The van der Waals surface area contributed by atoms with Gasteiger partial charge in [0.2, 0.25) is 0 Å². The van der Waals surface area contributed by atoms with Crippen LogP contribution in [0.5, 0.6) is 0 Å². The van der Waals surface area contributed by atoms with Crippen LogP contribution in [-0.4, -0.2) is 15.8 Å². The van der Waals surface area contributed by atoms with Gasteiger partial charge in [0.05, 0.1) is 9.50 Å². The van der Waals surface area contributed by atoms with Gasteiger partial charge in [-0.05, 0) is 6.42 Å². The Morgan fingerprint density at radius 1 is 1.45 bits per heavy atom. The molecule has 0 N–H and O–H groups in total. The predicted octanol–water partition coefficient (Wildman–Crippen LogP) is 1.27. The van der Waals surface area contributed by atoms with Crippen LogP contribution in [0.2, 0.25) is 0 Å². The van der Waals surface area contributed by atoms with E-state index in [2.05, 4.69) is 0 Å². The minimum Gasteiger partial charge on any atom is -0.233 e. The normalized spacial score (nSPS) is 22.8. The molecule has 0 saturated heterocycles. The second-order valence-corrected chi connectivity index (χ2v) is 3.40. The molecule has 0 amide bonds. The lowest BCUT2D eigenvalue weighted by molar-refractivity contribution is 0.565. The fraction of sp³-hybridized carbons (Fsp3) is 0.250. The zero-order valence-electron chi connectivity index (χ0n) is 5.63. The van der Waals surface area contributed by atoms with Gasteiger partial charge in [-0.2, -0.15) is 0 Å². The SMILES string of the molecule is O=C=C1C=CCC(=C=O)C1I. The molecule has 1 rings (SSSR count). The van der Waals surface area contributed by atoms with Gasteiger partial charge in [-0.25, -0.2) is 9.59 Å². The van der Waals surface area contributed by atoms with Crippen LogP contribution in [0.15, 0.2) is 23.3 Å². The second kappa shape index (κ2) is 3.67. The molecular formula is C8H5IO2. The van der Waals surface area contributed by atoms with E-state index in [0.29, 0.717) is 17.6 Å². The zero-order chi connectivity index (χ0) is 8.27. The summed E-state index contributed by atoms with van der Waals surface area (Å²) in [7, 11) is 0. The van der Waals surface area contributed by atoms with Crippen molar-refractivity contribution in [2.75, 3.05) is 0 Å². The number of allylic oxidation sites excluding steroid dienone is 4. The Bertz CT molecular complexity index is 291. The summed E-state index contributed by atoms with van der Waals surface area (Å²) in [5.41, 5.74) is 1.14. The van der Waals surface area contributed by atoms with Gasteiger partial charge < -0.3 is 0 Å². The maximum absolute atomic E-state index is 10.3. The Morgan fingerprint density at radius 2 is 2.18 bits per heavy atom. The van der Waals surface area contributed by atoms with Gasteiger partial charge in [-0.1, -0.05) is 34.7 Å². The number of halogens is 1. The first-order chi connectivity index (χ1) is 5.29. The van der Waals surface area contributed by atoms with Crippen LogP contribution in [-0.2, 0) is 9.59 Å². The van der Waals surface area contributed by atoms with E-state index in [9.17, 15) is 9.59 Å². The molecule has 0 bridgehead atoms. The van der Waals surface area contributed by atoms with Gasteiger partial charge in [0, 0.05) is 5.57 Å². The summed E-state index contributed by atoms with van der Waals surface area (Å²) in [4.78, 5) is 20.6. The number of carbonyl (C=O) groups excluding carboxylic acids is 2. The minimum atomic E-state index is -0.132. The monoisotopic (exact) mass is 260 g/mol. The van der Waals surface area contributed by atoms with Crippen LogP contribution in [0.1, 0.15) is 6.42 Å². The maximum Gasteiger partial charge on any atom is 0.129 e. The Morgan fingerprint density at radius 3 is 2.73 bits per heavy atom. The average Bonchev–Trinajstić information content (AvgIpc) is 2.05. The molecule has 0 radical (unpaired) electrons. The van der Waals surface area contributed by atoms with Crippen molar-refractivity contribution >= 4 is 34.5 Å². The highest BCUT2D eigenvalue weighted by Gasteiger charge is 2.18. The summed E-state index contributed by atoms with van der Waals surface area (Å²) < 4.78 is -0.132. The van der Waals surface area contributed by atoms with Gasteiger partial charge in [0.1, 0.15) is 11.9 Å². The van der Waals surface area contributed by atoms with Crippen molar-refractivity contribution in [2.24, 2.45) is 0 Å². The topological polar surface area (TPSA) is 34.1 Å². The van der Waals surface area contributed by atoms with E-state index in [-0.39, 0.29) is 3.92 Å². The van der Waals surface area contributed by atoms with E-state index in [1.165, 1.54) is 0 Å². The van der Waals surface area contributed by atoms with Crippen molar-refractivity contribution in [1.29, 1.82) is 0 Å². The van der Waals surface area contributed by atoms with E-state index < -0.39 is 0 Å². The van der Waals surface area contributed by atoms with Crippen LogP contribution in [0, 0.1) is 0 Å². The number of hydrogen-bond acceptors (Lipinski definition) is 2. The van der Waals surface area contributed by atoms with Crippen LogP contribution >= 0.6 is 22.6 Å². The Labute approximate surface area is 77.8 Å². The largest absolute Gasteiger partial charge is 0.233 e. The molecule has 0 aromatic carbocycles. The third-order valence-electron chi connectivity index (χ3n) is 1.46. The molecule has 0 spiro atoms. The molecule has 1 atom stereocenters. The Hall–Kier alpha value is -0.630. The van der Waals surface area contributed by atoms with E-state index in [0.717, 1.165) is 0 Å². The van der Waals surface area contributed by atoms with E-state index in [1.807, 2.05) is 28.5 Å². The summed E-state index contributed by atoms with van der Waals surface area (Å²) in [5.74, 6) is 3.62. The molecule has 0 heterocycles. The van der Waals surface area contributed by atoms with E-state index in [4.69, 9.17) is 0 Å². The quantitative estimate of drug-likeness (QED) is 0.373. The number of alkyl halides is 1. The standard InChI is InChI=1S/C8H5IO2/c9-8-6(4-10)2-1-3-7(8)5-11/h1-2,8H,3H2. The van der Waals surface area contributed by atoms with Crippen LogP contribution < -0.4 is 0 Å². The smallest absolute Gasteiger partial charge is 0.129 e. The molecule has 0 saturated carbocycles. The molecule has 0 aliphatic heterocycles. The fourth-order valence-corrected chi connectivity index (χ4v) is 1.58. The van der Waals surface area contributed by atoms with Gasteiger partial charge in [-0.15, -0.1) is 0 Å². The van der Waals surface area contributed by atoms with Gasteiger partial charge in [-0.3, -0.25) is 0 Å². The molecule has 1 aliphatic rings. The predicted molar refractivity (Wildman–Crippen MR) is 50.0 cm³/mol. The molecule has 11 heavy (non-hydrogen) atoms. The molecule has 0 aromatic rings. The molecule has 2 nitrogen and oxygen atoms in total. The van der Waals surface area contributed by atoms with Crippen molar-refractivity contribution in [3.8, 4) is 0 Å². The molecule has 0 aromatic heterocycles. The van der Waals surface area contributed by atoms with E-state index >= 15 is 0 Å². The summed E-state index contributed by atoms with van der Waals surface area (Å²) in [6.45, 7) is 0. The molecule has 56 valence electrons. The van der Waals surface area contributed by atoms with Crippen LogP contribution in [0.25, 0.3) is 0 Å². The maximum atomic E-state index is 10.3. The minimum absolute atomic E-state index is 0.132. The highest BCUT2D eigenvalue weighted by Crippen LogP contribution is 2.25. The molecular weight excluding hydrogens is 255 g/mol. The first kappa shape index (κ1) is 8.47. The summed E-state index contributed by atoms with van der Waals surface area (Å²) in [6.07, 6.45) is 4.07. The highest BCUT2D eigenvalue weighted by molar-refractivity contribution is 14.1. The van der Waals surface area contributed by atoms with Gasteiger partial charge in [0.15, 0.2) is 0 Å². The van der Waals surface area contributed by atoms with Crippen molar-refractivity contribution in [2.45, 2.75) is 10.3 Å². The summed E-state index contributed by atoms with van der Waals surface area (Å²) in [5, 5.41) is 0. The lowest BCUT2D eigenvalue weighted by atomic mass is 9.99. The summed E-state index contributed by atoms with van der Waals surface area (Å²) in [6, 6.07) is 0. The average molecular weight is 260 g/mol. The molecule has 3 heteroatoms. The van der Waals surface area contributed by atoms with Gasteiger partial charge in [0.25, 0.3) is 0 Å². The third-order valence-corrected chi connectivity index (χ3v) is 2.89. The first-order valence-corrected chi connectivity index (χ1v) is 4.33. The number of rotatable bonds is 0. The molecule has 1 unspecified atom stereocenters. The molecule has 0 fully saturated rings. The lowest BCUT2D eigenvalue weighted by Gasteiger charge is -2.11. The van der Waals surface area contributed by atoms with Crippen molar-refractivity contribution in [3.05, 3.63) is 23.3 Å². The third kappa shape index (κ3) is 1.69. The second-order valence-electron chi connectivity index (χ2n) is 2.15. The Balaban J connectivity index is 3.09. The van der Waals surface area contributed by atoms with Crippen molar-refractivity contribution in [1.82, 2.24) is 0 Å². The molecule has 1 aliphatic carbocycles. The zero-order valence-corrected chi connectivity index (χ0v) is 7.79.